The molecule has 2 N–H and O–H groups in total. The molecule has 0 aromatic rings. The summed E-state index contributed by atoms with van der Waals surface area (Å²) in [7, 11) is -3.43. The zero-order chi connectivity index (χ0) is 18.1. The first-order chi connectivity index (χ1) is 10.5. The summed E-state index contributed by atoms with van der Waals surface area (Å²) in [6.45, 7) is 8.18. The SMILES string of the molecule is CCOP(=O)(COCC(NC(=O)OC(C)(C)C)C(=O)O)OCC. The topological polar surface area (TPSA) is 120 Å². The molecule has 0 aromatic heterocycles. The number of alkyl carbamates (subject to hydrolysis) is 1. The molecule has 136 valence electrons. The van der Waals surface area contributed by atoms with Crippen LogP contribution < -0.4 is 5.32 Å². The van der Waals surface area contributed by atoms with Crippen molar-refractivity contribution in [3.8, 4) is 0 Å². The molecule has 0 heterocycles. The second-order valence-electron chi connectivity index (χ2n) is 5.48. The molecule has 1 amide bonds. The van der Waals surface area contributed by atoms with Crippen LogP contribution in [-0.2, 0) is 27.9 Å². The fraction of sp³-hybridized carbons (Fsp3) is 0.846. The number of hydrogen-bond acceptors (Lipinski definition) is 7. The highest BCUT2D eigenvalue weighted by Crippen LogP contribution is 2.47. The molecule has 0 aliphatic carbocycles. The highest BCUT2D eigenvalue weighted by atomic mass is 31.2. The lowest BCUT2D eigenvalue weighted by Crippen LogP contribution is -2.46. The average Bonchev–Trinajstić information content (AvgIpc) is 2.35. The maximum Gasteiger partial charge on any atom is 0.408 e. The van der Waals surface area contributed by atoms with Gasteiger partial charge in [-0.05, 0) is 34.6 Å². The molecule has 1 atom stereocenters. The Morgan fingerprint density at radius 3 is 2.09 bits per heavy atom. The Labute approximate surface area is 136 Å². The Hall–Kier alpha value is -1.15. The summed E-state index contributed by atoms with van der Waals surface area (Å²) in [5, 5.41) is 11.2. The molecule has 0 aliphatic rings. The van der Waals surface area contributed by atoms with Gasteiger partial charge in [0.2, 0.25) is 0 Å². The van der Waals surface area contributed by atoms with E-state index in [1.54, 1.807) is 34.6 Å². The van der Waals surface area contributed by atoms with Crippen molar-refractivity contribution in [2.45, 2.75) is 46.3 Å². The summed E-state index contributed by atoms with van der Waals surface area (Å²) in [6, 6.07) is -1.35. The Bertz CT molecular complexity index is 424. The number of carboxylic acids is 1. The van der Waals surface area contributed by atoms with Crippen molar-refractivity contribution >= 4 is 19.7 Å². The maximum absolute atomic E-state index is 12.1. The van der Waals surface area contributed by atoms with Gasteiger partial charge in [-0.1, -0.05) is 0 Å². The number of ether oxygens (including phenoxy) is 2. The molecule has 0 aromatic carbocycles. The standard InChI is InChI=1S/C13H26NO8P/c1-6-20-23(18,21-7-2)9-19-8-10(11(15)16)14-12(17)22-13(3,4)5/h10H,6-9H2,1-5H3,(H,14,17)(H,15,16). The molecule has 0 spiro atoms. The summed E-state index contributed by atoms with van der Waals surface area (Å²) < 4.78 is 32.2. The highest BCUT2D eigenvalue weighted by Gasteiger charge is 2.28. The number of nitrogens with one attached hydrogen (secondary N) is 1. The van der Waals surface area contributed by atoms with Crippen molar-refractivity contribution in [3.05, 3.63) is 0 Å². The molecular weight excluding hydrogens is 329 g/mol. The minimum atomic E-state index is -3.43. The van der Waals surface area contributed by atoms with E-state index in [-0.39, 0.29) is 13.2 Å². The lowest BCUT2D eigenvalue weighted by molar-refractivity contribution is -0.141. The third-order valence-electron chi connectivity index (χ3n) is 2.17. The predicted molar refractivity (Wildman–Crippen MR) is 82.5 cm³/mol. The van der Waals surface area contributed by atoms with Crippen molar-refractivity contribution in [2.24, 2.45) is 0 Å². The van der Waals surface area contributed by atoms with E-state index in [2.05, 4.69) is 5.32 Å². The number of carbonyl (C=O) groups is 2. The van der Waals surface area contributed by atoms with Crippen LogP contribution in [0.25, 0.3) is 0 Å². The first-order valence-electron chi connectivity index (χ1n) is 7.21. The quantitative estimate of drug-likeness (QED) is 0.572. The summed E-state index contributed by atoms with van der Waals surface area (Å²) >= 11 is 0. The molecular formula is C13H26NO8P. The van der Waals surface area contributed by atoms with E-state index in [1.165, 1.54) is 0 Å². The van der Waals surface area contributed by atoms with Crippen LogP contribution in [0.15, 0.2) is 0 Å². The Kier molecular flexibility index (Phi) is 9.38. The van der Waals surface area contributed by atoms with E-state index in [9.17, 15) is 14.2 Å². The van der Waals surface area contributed by atoms with Crippen molar-refractivity contribution in [1.29, 1.82) is 0 Å². The van der Waals surface area contributed by atoms with Crippen LogP contribution in [0.1, 0.15) is 34.6 Å². The summed E-state index contributed by atoms with van der Waals surface area (Å²) in [4.78, 5) is 22.7. The van der Waals surface area contributed by atoms with Gasteiger partial charge in [-0.15, -0.1) is 0 Å². The van der Waals surface area contributed by atoms with Crippen molar-refractivity contribution in [3.63, 3.8) is 0 Å². The van der Waals surface area contributed by atoms with Gasteiger partial charge in [0.15, 0.2) is 6.04 Å². The van der Waals surface area contributed by atoms with Crippen LogP contribution >= 0.6 is 7.60 Å². The lowest BCUT2D eigenvalue weighted by atomic mass is 10.2. The van der Waals surface area contributed by atoms with Crippen LogP contribution in [0.3, 0.4) is 0 Å². The molecule has 1 unspecified atom stereocenters. The van der Waals surface area contributed by atoms with Crippen LogP contribution in [0.5, 0.6) is 0 Å². The molecule has 0 radical (unpaired) electrons. The zero-order valence-corrected chi connectivity index (χ0v) is 15.1. The van der Waals surface area contributed by atoms with Gasteiger partial charge in [-0.3, -0.25) is 4.57 Å². The van der Waals surface area contributed by atoms with Crippen LogP contribution in [0.4, 0.5) is 4.79 Å². The third kappa shape index (κ3) is 10.3. The predicted octanol–water partition coefficient (Wildman–Crippen LogP) is 2.20. The monoisotopic (exact) mass is 355 g/mol. The average molecular weight is 355 g/mol. The molecule has 0 rings (SSSR count). The Morgan fingerprint density at radius 1 is 1.17 bits per heavy atom. The van der Waals surface area contributed by atoms with Crippen LogP contribution in [-0.4, -0.2) is 55.0 Å². The molecule has 0 saturated carbocycles. The Morgan fingerprint density at radius 2 is 1.70 bits per heavy atom. The number of carboxylic acid groups (broad SMARTS) is 1. The van der Waals surface area contributed by atoms with Gasteiger partial charge in [-0.25, -0.2) is 9.59 Å². The molecule has 0 bridgehead atoms. The smallest absolute Gasteiger partial charge is 0.408 e. The van der Waals surface area contributed by atoms with Gasteiger partial charge in [0, 0.05) is 0 Å². The minimum absolute atomic E-state index is 0.166. The summed E-state index contributed by atoms with van der Waals surface area (Å²) in [5.74, 6) is -1.31. The van der Waals surface area contributed by atoms with Gasteiger partial charge >= 0.3 is 19.7 Å². The summed E-state index contributed by atoms with van der Waals surface area (Å²) in [6.07, 6.45) is -1.29. The van der Waals surface area contributed by atoms with Crippen molar-refractivity contribution in [2.75, 3.05) is 26.2 Å². The minimum Gasteiger partial charge on any atom is -0.480 e. The molecule has 9 nitrogen and oxygen atoms in total. The lowest BCUT2D eigenvalue weighted by Gasteiger charge is -2.22. The van der Waals surface area contributed by atoms with E-state index < -0.39 is 44.3 Å². The van der Waals surface area contributed by atoms with E-state index in [0.717, 1.165) is 0 Å². The third-order valence-corrected chi connectivity index (χ3v) is 3.98. The van der Waals surface area contributed by atoms with Gasteiger partial charge < -0.3 is 28.9 Å². The number of aliphatic carboxylic acids is 1. The first kappa shape index (κ1) is 21.9. The van der Waals surface area contributed by atoms with Crippen LogP contribution in [0.2, 0.25) is 0 Å². The fourth-order valence-corrected chi connectivity index (χ4v) is 2.75. The second kappa shape index (κ2) is 9.87. The van der Waals surface area contributed by atoms with Gasteiger partial charge in [-0.2, -0.15) is 0 Å². The van der Waals surface area contributed by atoms with E-state index in [4.69, 9.17) is 23.6 Å². The normalized spacial score (nSPS) is 13.4. The summed E-state index contributed by atoms with van der Waals surface area (Å²) in [5.41, 5.74) is -0.756. The molecule has 0 aliphatic heterocycles. The van der Waals surface area contributed by atoms with E-state index in [0.29, 0.717) is 0 Å². The van der Waals surface area contributed by atoms with Gasteiger partial charge in [0.25, 0.3) is 0 Å². The highest BCUT2D eigenvalue weighted by molar-refractivity contribution is 7.53. The number of hydrogen-bond donors (Lipinski definition) is 2. The molecule has 0 saturated heterocycles. The van der Waals surface area contributed by atoms with Gasteiger partial charge in [0.1, 0.15) is 11.9 Å². The van der Waals surface area contributed by atoms with Crippen LogP contribution in [0, 0.1) is 0 Å². The largest absolute Gasteiger partial charge is 0.480 e. The Balaban J connectivity index is 4.52. The van der Waals surface area contributed by atoms with E-state index >= 15 is 0 Å². The first-order valence-corrected chi connectivity index (χ1v) is 8.94. The zero-order valence-electron chi connectivity index (χ0n) is 14.2. The van der Waals surface area contributed by atoms with Gasteiger partial charge in [0.05, 0.1) is 19.8 Å². The maximum atomic E-state index is 12.1. The fourth-order valence-electron chi connectivity index (χ4n) is 1.41. The van der Waals surface area contributed by atoms with Crippen molar-refractivity contribution < 1.29 is 37.8 Å². The molecule has 0 fully saturated rings. The van der Waals surface area contributed by atoms with Crippen molar-refractivity contribution in [1.82, 2.24) is 5.32 Å². The number of rotatable bonds is 10. The molecule has 23 heavy (non-hydrogen) atoms. The number of carbonyl (C=O) groups excluding carboxylic acids is 1. The van der Waals surface area contributed by atoms with E-state index in [1.807, 2.05) is 0 Å². The second-order valence-corrected chi connectivity index (χ2v) is 7.48. The molecule has 10 heteroatoms. The number of amides is 1.